The highest BCUT2D eigenvalue weighted by molar-refractivity contribution is 5.55. The van der Waals surface area contributed by atoms with Gasteiger partial charge in [0.15, 0.2) is 11.5 Å². The van der Waals surface area contributed by atoms with E-state index in [1.165, 1.54) is 0 Å². The Bertz CT molecular complexity index is 458. The Labute approximate surface area is 95.6 Å². The molecule has 0 fully saturated rings. The summed E-state index contributed by atoms with van der Waals surface area (Å²) in [6.45, 7) is 4.52. The van der Waals surface area contributed by atoms with Gasteiger partial charge >= 0.3 is 0 Å². The molecular formula is C13H15NO2. The molecule has 0 radical (unpaired) electrons. The van der Waals surface area contributed by atoms with E-state index in [1.807, 2.05) is 26.0 Å². The predicted octanol–water partition coefficient (Wildman–Crippen LogP) is 2.43. The van der Waals surface area contributed by atoms with Crippen LogP contribution in [0.3, 0.4) is 0 Å². The van der Waals surface area contributed by atoms with Crippen LogP contribution in [-0.2, 0) is 11.8 Å². The first kappa shape index (κ1) is 10.8. The first-order valence-corrected chi connectivity index (χ1v) is 5.34. The molecule has 3 nitrogen and oxygen atoms in total. The molecule has 3 heteroatoms. The van der Waals surface area contributed by atoms with Crippen LogP contribution in [0.1, 0.15) is 25.0 Å². The fraction of sp³-hybridized carbons (Fsp3) is 0.462. The van der Waals surface area contributed by atoms with Gasteiger partial charge in [0.2, 0.25) is 0 Å². The Balaban J connectivity index is 2.59. The second kappa shape index (κ2) is 3.71. The highest BCUT2D eigenvalue weighted by Crippen LogP contribution is 2.41. The van der Waals surface area contributed by atoms with E-state index in [9.17, 15) is 5.26 Å². The summed E-state index contributed by atoms with van der Waals surface area (Å²) in [5.41, 5.74) is 1.68. The van der Waals surface area contributed by atoms with Crippen LogP contribution in [-0.4, -0.2) is 13.7 Å². The van der Waals surface area contributed by atoms with Crippen molar-refractivity contribution in [3.05, 3.63) is 23.3 Å². The van der Waals surface area contributed by atoms with Crippen molar-refractivity contribution in [2.45, 2.75) is 25.7 Å². The van der Waals surface area contributed by atoms with Gasteiger partial charge in [0.1, 0.15) is 0 Å². The molecule has 84 valence electrons. The highest BCUT2D eigenvalue weighted by atomic mass is 16.5. The zero-order valence-electron chi connectivity index (χ0n) is 9.83. The number of fused-ring (bicyclic) bond motifs is 1. The van der Waals surface area contributed by atoms with Crippen LogP contribution < -0.4 is 9.47 Å². The minimum atomic E-state index is -0.482. The van der Waals surface area contributed by atoms with E-state index in [0.29, 0.717) is 6.61 Å². The molecule has 1 aliphatic heterocycles. The fourth-order valence-corrected chi connectivity index (χ4v) is 2.07. The summed E-state index contributed by atoms with van der Waals surface area (Å²) in [6.07, 6.45) is 0.854. The lowest BCUT2D eigenvalue weighted by atomic mass is 9.82. The topological polar surface area (TPSA) is 42.2 Å². The van der Waals surface area contributed by atoms with Crippen LogP contribution in [0.4, 0.5) is 0 Å². The lowest BCUT2D eigenvalue weighted by molar-refractivity contribution is 0.326. The first-order valence-electron chi connectivity index (χ1n) is 5.34. The van der Waals surface area contributed by atoms with Gasteiger partial charge < -0.3 is 9.47 Å². The molecule has 1 aliphatic rings. The summed E-state index contributed by atoms with van der Waals surface area (Å²) < 4.78 is 10.8. The molecule has 1 heterocycles. The number of nitrogens with zero attached hydrogens (tertiary/aromatic N) is 1. The number of methoxy groups -OCH3 is 1. The molecule has 0 bridgehead atoms. The number of rotatable bonds is 2. The quantitative estimate of drug-likeness (QED) is 0.764. The standard InChI is InChI=1S/C13H15NO2/c1-13(2,8-14)10-4-5-11(15-3)12-9(10)6-7-16-12/h4-5H,6-7H2,1-3H3. The molecule has 0 amide bonds. The molecule has 0 saturated carbocycles. The summed E-state index contributed by atoms with van der Waals surface area (Å²) in [4.78, 5) is 0. The molecule has 0 atom stereocenters. The van der Waals surface area contributed by atoms with Crippen LogP contribution in [0, 0.1) is 11.3 Å². The second-order valence-corrected chi connectivity index (χ2v) is 4.46. The molecule has 0 aliphatic carbocycles. The van der Waals surface area contributed by atoms with Crippen molar-refractivity contribution in [2.24, 2.45) is 0 Å². The van der Waals surface area contributed by atoms with E-state index >= 15 is 0 Å². The molecule has 2 rings (SSSR count). The normalized spacial score (nSPS) is 13.9. The summed E-state index contributed by atoms with van der Waals surface area (Å²) in [7, 11) is 1.63. The number of nitriles is 1. The van der Waals surface area contributed by atoms with Gasteiger partial charge in [-0.15, -0.1) is 0 Å². The third-order valence-electron chi connectivity index (χ3n) is 3.00. The van der Waals surface area contributed by atoms with Crippen LogP contribution in [0.25, 0.3) is 0 Å². The largest absolute Gasteiger partial charge is 0.493 e. The van der Waals surface area contributed by atoms with Crippen molar-refractivity contribution < 1.29 is 9.47 Å². The van der Waals surface area contributed by atoms with E-state index in [1.54, 1.807) is 7.11 Å². The molecule has 0 N–H and O–H groups in total. The van der Waals surface area contributed by atoms with Gasteiger partial charge in [0.25, 0.3) is 0 Å². The van der Waals surface area contributed by atoms with E-state index in [-0.39, 0.29) is 0 Å². The van der Waals surface area contributed by atoms with Crippen molar-refractivity contribution in [2.75, 3.05) is 13.7 Å². The summed E-state index contributed by atoms with van der Waals surface area (Å²) >= 11 is 0. The first-order chi connectivity index (χ1) is 7.60. The third-order valence-corrected chi connectivity index (χ3v) is 3.00. The second-order valence-electron chi connectivity index (χ2n) is 4.46. The Hall–Kier alpha value is -1.69. The molecule has 1 aromatic rings. The zero-order valence-corrected chi connectivity index (χ0v) is 9.83. The van der Waals surface area contributed by atoms with E-state index in [2.05, 4.69) is 6.07 Å². The van der Waals surface area contributed by atoms with Crippen molar-refractivity contribution >= 4 is 0 Å². The Kier molecular flexibility index (Phi) is 2.51. The van der Waals surface area contributed by atoms with Gasteiger partial charge in [-0.3, -0.25) is 0 Å². The molecule has 0 unspecified atom stereocenters. The molecular weight excluding hydrogens is 202 g/mol. The van der Waals surface area contributed by atoms with Crippen LogP contribution in [0.5, 0.6) is 11.5 Å². The van der Waals surface area contributed by atoms with Gasteiger partial charge in [-0.05, 0) is 25.5 Å². The maximum atomic E-state index is 9.18. The maximum absolute atomic E-state index is 9.18. The van der Waals surface area contributed by atoms with Crippen molar-refractivity contribution in [1.82, 2.24) is 0 Å². The van der Waals surface area contributed by atoms with E-state index in [0.717, 1.165) is 29.0 Å². The Morgan fingerprint density at radius 1 is 1.44 bits per heavy atom. The van der Waals surface area contributed by atoms with E-state index < -0.39 is 5.41 Å². The summed E-state index contributed by atoms with van der Waals surface area (Å²) in [5.74, 6) is 1.56. The van der Waals surface area contributed by atoms with Gasteiger partial charge in [0, 0.05) is 12.0 Å². The van der Waals surface area contributed by atoms with Gasteiger partial charge in [-0.1, -0.05) is 6.07 Å². The average Bonchev–Trinajstić information content (AvgIpc) is 2.76. The Morgan fingerprint density at radius 3 is 2.81 bits per heavy atom. The van der Waals surface area contributed by atoms with Gasteiger partial charge in [0.05, 0.1) is 25.2 Å². The molecule has 1 aromatic carbocycles. The van der Waals surface area contributed by atoms with Gasteiger partial charge in [-0.25, -0.2) is 0 Å². The Morgan fingerprint density at radius 2 is 2.19 bits per heavy atom. The van der Waals surface area contributed by atoms with Crippen LogP contribution >= 0.6 is 0 Å². The monoisotopic (exact) mass is 217 g/mol. The highest BCUT2D eigenvalue weighted by Gasteiger charge is 2.29. The molecule has 0 spiro atoms. The molecule has 0 aromatic heterocycles. The lowest BCUT2D eigenvalue weighted by Gasteiger charge is -2.19. The van der Waals surface area contributed by atoms with E-state index in [4.69, 9.17) is 9.47 Å². The van der Waals surface area contributed by atoms with Crippen molar-refractivity contribution in [3.63, 3.8) is 0 Å². The smallest absolute Gasteiger partial charge is 0.164 e. The number of ether oxygens (including phenoxy) is 2. The molecule has 0 saturated heterocycles. The molecule has 16 heavy (non-hydrogen) atoms. The average molecular weight is 217 g/mol. The fourth-order valence-electron chi connectivity index (χ4n) is 2.07. The minimum absolute atomic E-state index is 0.482. The van der Waals surface area contributed by atoms with Gasteiger partial charge in [-0.2, -0.15) is 5.26 Å². The third kappa shape index (κ3) is 1.51. The van der Waals surface area contributed by atoms with Crippen LogP contribution in [0.15, 0.2) is 12.1 Å². The lowest BCUT2D eigenvalue weighted by Crippen LogP contribution is -2.16. The van der Waals surface area contributed by atoms with Crippen molar-refractivity contribution in [3.8, 4) is 17.6 Å². The van der Waals surface area contributed by atoms with Crippen LogP contribution in [0.2, 0.25) is 0 Å². The zero-order chi connectivity index (χ0) is 11.8. The maximum Gasteiger partial charge on any atom is 0.164 e. The number of hydrogen-bond donors (Lipinski definition) is 0. The number of benzene rings is 1. The van der Waals surface area contributed by atoms with Crippen molar-refractivity contribution in [1.29, 1.82) is 5.26 Å². The SMILES string of the molecule is COc1ccc(C(C)(C)C#N)c2c1OCC2. The predicted molar refractivity (Wildman–Crippen MR) is 60.8 cm³/mol. The summed E-state index contributed by atoms with van der Waals surface area (Å²) in [6, 6.07) is 6.17. The number of hydrogen-bond acceptors (Lipinski definition) is 3. The minimum Gasteiger partial charge on any atom is -0.493 e. The summed E-state index contributed by atoms with van der Waals surface area (Å²) in [5, 5.41) is 9.18.